The van der Waals surface area contributed by atoms with Gasteiger partial charge in [0.2, 0.25) is 10.0 Å². The molecule has 3 rings (SSSR count). The highest BCUT2D eigenvalue weighted by Gasteiger charge is 2.20. The maximum atomic E-state index is 12.7. The molecule has 0 saturated carbocycles. The molecule has 1 heterocycles. The highest BCUT2D eigenvalue weighted by Crippen LogP contribution is 2.28. The van der Waals surface area contributed by atoms with E-state index in [1.807, 2.05) is 36.4 Å². The molecule has 0 saturated heterocycles. The Labute approximate surface area is 186 Å². The monoisotopic (exact) mass is 459 g/mol. The van der Waals surface area contributed by atoms with Gasteiger partial charge in [0.15, 0.2) is 6.61 Å². The summed E-state index contributed by atoms with van der Waals surface area (Å²) in [6.07, 6.45) is 3.31. The van der Waals surface area contributed by atoms with Crippen molar-refractivity contribution in [2.24, 2.45) is 0 Å². The zero-order chi connectivity index (χ0) is 22.3. The van der Waals surface area contributed by atoms with E-state index in [0.717, 1.165) is 11.1 Å². The normalized spacial score (nSPS) is 12.2. The Kier molecular flexibility index (Phi) is 7.62. The van der Waals surface area contributed by atoms with Crippen LogP contribution in [0.2, 0.25) is 5.02 Å². The summed E-state index contributed by atoms with van der Waals surface area (Å²) in [6.45, 7) is 1.83. The number of ether oxygens (including phenoxy) is 1. The van der Waals surface area contributed by atoms with Crippen LogP contribution in [0.1, 0.15) is 24.1 Å². The van der Waals surface area contributed by atoms with Gasteiger partial charge in [-0.1, -0.05) is 48.0 Å². The van der Waals surface area contributed by atoms with Crippen molar-refractivity contribution in [1.82, 2.24) is 15.0 Å². The van der Waals surface area contributed by atoms with Crippen molar-refractivity contribution >= 4 is 27.5 Å². The van der Waals surface area contributed by atoms with Gasteiger partial charge in [-0.25, -0.2) is 13.1 Å². The average molecular weight is 460 g/mol. The first-order valence-corrected chi connectivity index (χ1v) is 11.4. The number of hydrogen-bond acceptors (Lipinski definition) is 5. The van der Waals surface area contributed by atoms with Crippen LogP contribution in [0.5, 0.6) is 5.75 Å². The molecule has 1 atom stereocenters. The number of pyridine rings is 1. The minimum atomic E-state index is -3.79. The maximum Gasteiger partial charge on any atom is 0.258 e. The second-order valence-corrected chi connectivity index (χ2v) is 8.89. The molecule has 3 aromatic rings. The van der Waals surface area contributed by atoms with Crippen LogP contribution in [0.4, 0.5) is 0 Å². The molecule has 0 aliphatic rings. The van der Waals surface area contributed by atoms with E-state index in [9.17, 15) is 13.2 Å². The summed E-state index contributed by atoms with van der Waals surface area (Å²) in [6, 6.07) is 16.6. The van der Waals surface area contributed by atoms with Gasteiger partial charge in [-0.05, 0) is 42.3 Å². The number of rotatable bonds is 9. The number of benzene rings is 2. The average Bonchev–Trinajstić information content (AvgIpc) is 2.77. The lowest BCUT2D eigenvalue weighted by Crippen LogP contribution is -2.28. The van der Waals surface area contributed by atoms with Crippen LogP contribution in [0, 0.1) is 0 Å². The summed E-state index contributed by atoms with van der Waals surface area (Å²) < 4.78 is 33.4. The van der Waals surface area contributed by atoms with E-state index in [2.05, 4.69) is 15.0 Å². The number of sulfonamides is 1. The molecule has 0 bridgehead atoms. The fourth-order valence-corrected chi connectivity index (χ4v) is 4.33. The molecule has 0 aliphatic carbocycles. The summed E-state index contributed by atoms with van der Waals surface area (Å²) in [4.78, 5) is 16.0. The van der Waals surface area contributed by atoms with Crippen molar-refractivity contribution in [1.29, 1.82) is 0 Å². The van der Waals surface area contributed by atoms with Crippen molar-refractivity contribution in [3.63, 3.8) is 0 Å². The van der Waals surface area contributed by atoms with Gasteiger partial charge in [-0.3, -0.25) is 9.78 Å². The van der Waals surface area contributed by atoms with Gasteiger partial charge >= 0.3 is 0 Å². The fourth-order valence-electron chi connectivity index (χ4n) is 2.77. The molecule has 1 aromatic heterocycles. The van der Waals surface area contributed by atoms with Gasteiger partial charge < -0.3 is 10.1 Å². The van der Waals surface area contributed by atoms with Gasteiger partial charge in [0, 0.05) is 25.0 Å². The highest BCUT2D eigenvalue weighted by molar-refractivity contribution is 7.89. The van der Waals surface area contributed by atoms with E-state index in [1.54, 1.807) is 25.4 Å². The van der Waals surface area contributed by atoms with Gasteiger partial charge in [-0.15, -0.1) is 0 Å². The third kappa shape index (κ3) is 6.52. The Balaban J connectivity index is 1.58. The van der Waals surface area contributed by atoms with Crippen LogP contribution in [-0.2, 0) is 21.4 Å². The molecular formula is C22H22ClN3O4S. The summed E-state index contributed by atoms with van der Waals surface area (Å²) in [5.74, 6) is -0.122. The Bertz CT molecular complexity index is 1130. The number of aromatic nitrogens is 1. The predicted molar refractivity (Wildman–Crippen MR) is 118 cm³/mol. The molecule has 7 nitrogen and oxygen atoms in total. The van der Waals surface area contributed by atoms with Crippen LogP contribution < -0.4 is 14.8 Å². The standard InChI is InChI=1S/C22H22ClN3O4S/c1-16(18-7-3-2-4-8-18)26-31(28,29)19-9-10-21(20(23)12-19)30-15-22(27)25-14-17-6-5-11-24-13-17/h2-13,16,26H,14-15H2,1H3,(H,25,27). The molecule has 1 amide bonds. The summed E-state index contributed by atoms with van der Waals surface area (Å²) >= 11 is 6.19. The molecular weight excluding hydrogens is 438 g/mol. The molecule has 2 N–H and O–H groups in total. The Hall–Kier alpha value is -2.94. The maximum absolute atomic E-state index is 12.7. The van der Waals surface area contributed by atoms with Crippen LogP contribution >= 0.6 is 11.6 Å². The Morgan fingerprint density at radius 1 is 1.13 bits per heavy atom. The lowest BCUT2D eigenvalue weighted by atomic mass is 10.1. The number of amides is 1. The van der Waals surface area contributed by atoms with Crippen LogP contribution in [0.3, 0.4) is 0 Å². The molecule has 0 aliphatic heterocycles. The minimum absolute atomic E-state index is 0.00802. The molecule has 9 heteroatoms. The van der Waals surface area contributed by atoms with Crippen molar-refractivity contribution in [2.75, 3.05) is 6.61 Å². The third-order valence-electron chi connectivity index (χ3n) is 4.42. The van der Waals surface area contributed by atoms with Crippen LogP contribution in [0.25, 0.3) is 0 Å². The van der Waals surface area contributed by atoms with E-state index >= 15 is 0 Å². The van der Waals surface area contributed by atoms with Gasteiger partial charge in [-0.2, -0.15) is 0 Å². The predicted octanol–water partition coefficient (Wildman–Crippen LogP) is 3.47. The fraction of sp³-hybridized carbons (Fsp3) is 0.182. The zero-order valence-corrected chi connectivity index (χ0v) is 18.4. The second-order valence-electron chi connectivity index (χ2n) is 6.77. The van der Waals surface area contributed by atoms with Gasteiger partial charge in [0.05, 0.1) is 9.92 Å². The van der Waals surface area contributed by atoms with E-state index < -0.39 is 16.1 Å². The highest BCUT2D eigenvalue weighted by atomic mass is 35.5. The van der Waals surface area contributed by atoms with E-state index in [0.29, 0.717) is 6.54 Å². The molecule has 2 aromatic carbocycles. The molecule has 1 unspecified atom stereocenters. The topological polar surface area (TPSA) is 97.4 Å². The number of carbonyl (C=O) groups excluding carboxylic acids is 1. The molecule has 0 radical (unpaired) electrons. The summed E-state index contributed by atoms with van der Waals surface area (Å²) in [7, 11) is -3.79. The lowest BCUT2D eigenvalue weighted by molar-refractivity contribution is -0.123. The Morgan fingerprint density at radius 3 is 2.58 bits per heavy atom. The molecule has 0 fully saturated rings. The molecule has 31 heavy (non-hydrogen) atoms. The second kappa shape index (κ2) is 10.4. The summed E-state index contributed by atoms with van der Waals surface area (Å²) in [5.41, 5.74) is 1.70. The van der Waals surface area contributed by atoms with Crippen molar-refractivity contribution in [3.05, 3.63) is 89.2 Å². The number of nitrogens with one attached hydrogen (secondary N) is 2. The molecule has 162 valence electrons. The number of hydrogen-bond donors (Lipinski definition) is 2. The first kappa shape index (κ1) is 22.7. The lowest BCUT2D eigenvalue weighted by Gasteiger charge is -2.15. The van der Waals surface area contributed by atoms with E-state index in [1.165, 1.54) is 18.2 Å². The van der Waals surface area contributed by atoms with Crippen molar-refractivity contribution in [3.8, 4) is 5.75 Å². The molecule has 0 spiro atoms. The van der Waals surface area contributed by atoms with Gasteiger partial charge in [0.25, 0.3) is 5.91 Å². The van der Waals surface area contributed by atoms with E-state index in [4.69, 9.17) is 16.3 Å². The van der Waals surface area contributed by atoms with Crippen molar-refractivity contribution < 1.29 is 17.9 Å². The van der Waals surface area contributed by atoms with Gasteiger partial charge in [0.1, 0.15) is 5.75 Å². The first-order valence-electron chi connectivity index (χ1n) is 9.50. The zero-order valence-electron chi connectivity index (χ0n) is 16.8. The first-order chi connectivity index (χ1) is 14.8. The number of carbonyl (C=O) groups is 1. The number of halogens is 1. The smallest absolute Gasteiger partial charge is 0.258 e. The van der Waals surface area contributed by atoms with Crippen molar-refractivity contribution in [2.45, 2.75) is 24.4 Å². The minimum Gasteiger partial charge on any atom is -0.482 e. The van der Waals surface area contributed by atoms with E-state index in [-0.39, 0.29) is 28.2 Å². The quantitative estimate of drug-likeness (QED) is 0.510. The SMILES string of the molecule is CC(NS(=O)(=O)c1ccc(OCC(=O)NCc2cccnc2)c(Cl)c1)c1ccccc1. The Morgan fingerprint density at radius 2 is 1.90 bits per heavy atom. The number of nitrogens with zero attached hydrogens (tertiary/aromatic N) is 1. The van der Waals surface area contributed by atoms with Crippen LogP contribution in [0.15, 0.2) is 78.0 Å². The van der Waals surface area contributed by atoms with Crippen LogP contribution in [-0.4, -0.2) is 25.9 Å². The third-order valence-corrected chi connectivity index (χ3v) is 6.25. The largest absolute Gasteiger partial charge is 0.482 e. The summed E-state index contributed by atoms with van der Waals surface area (Å²) in [5, 5.41) is 2.80.